The fraction of sp³-hybridized carbons (Fsp3) is 0.375. The van der Waals surface area contributed by atoms with Gasteiger partial charge in [-0.25, -0.2) is 19.2 Å². The van der Waals surface area contributed by atoms with E-state index in [2.05, 4.69) is 21.3 Å². The number of aliphatic carboxylic acids is 2. The Labute approximate surface area is 159 Å². The first-order valence-corrected chi connectivity index (χ1v) is 8.08. The highest BCUT2D eigenvalue weighted by molar-refractivity contribution is 5.94. The molecule has 0 fully saturated rings. The number of benzene rings is 1. The van der Waals surface area contributed by atoms with E-state index < -0.39 is 48.3 Å². The topological polar surface area (TPSA) is 197 Å². The molecule has 0 saturated heterocycles. The maximum absolute atomic E-state index is 11.8. The number of aliphatic hydroxyl groups excluding tert-OH is 2. The molecule has 28 heavy (non-hydrogen) atoms. The van der Waals surface area contributed by atoms with Crippen LogP contribution in [-0.4, -0.2) is 68.7 Å². The van der Waals surface area contributed by atoms with Gasteiger partial charge in [0, 0.05) is 11.4 Å². The Bertz CT molecular complexity index is 659. The number of carboxylic acid groups (broad SMARTS) is 2. The number of rotatable bonds is 8. The normalized spacial score (nSPS) is 14.7. The molecule has 0 aliphatic heterocycles. The number of carbonyl (C=O) groups is 4. The van der Waals surface area contributed by atoms with Crippen LogP contribution >= 0.6 is 0 Å². The van der Waals surface area contributed by atoms with Gasteiger partial charge in [0.2, 0.25) is 0 Å². The van der Waals surface area contributed by atoms with E-state index in [0.717, 1.165) is 0 Å². The average Bonchev–Trinajstić information content (AvgIpc) is 2.58. The van der Waals surface area contributed by atoms with Crippen molar-refractivity contribution in [2.24, 2.45) is 0 Å². The molecule has 154 valence electrons. The highest BCUT2D eigenvalue weighted by Gasteiger charge is 2.26. The van der Waals surface area contributed by atoms with Crippen LogP contribution in [0.3, 0.4) is 0 Å². The summed E-state index contributed by atoms with van der Waals surface area (Å²) in [6.45, 7) is 2.44. The van der Waals surface area contributed by atoms with E-state index in [9.17, 15) is 29.4 Å². The minimum Gasteiger partial charge on any atom is -0.480 e. The lowest BCUT2D eigenvalue weighted by molar-refractivity contribution is -0.142. The Hall–Kier alpha value is -3.38. The number of carbonyl (C=O) groups excluding carboxylic acids is 2. The molecule has 0 heterocycles. The lowest BCUT2D eigenvalue weighted by Gasteiger charge is -2.18. The predicted molar refractivity (Wildman–Crippen MR) is 97.0 cm³/mol. The summed E-state index contributed by atoms with van der Waals surface area (Å²) in [4.78, 5) is 45.4. The molecule has 4 amide bonds. The number of carboxylic acids is 2. The van der Waals surface area contributed by atoms with Crippen LogP contribution in [-0.2, 0) is 9.59 Å². The summed E-state index contributed by atoms with van der Waals surface area (Å²) in [5.41, 5.74) is 0.538. The van der Waals surface area contributed by atoms with E-state index in [0.29, 0.717) is 0 Å². The third-order valence-electron chi connectivity index (χ3n) is 3.47. The van der Waals surface area contributed by atoms with Crippen molar-refractivity contribution in [3.63, 3.8) is 0 Å². The van der Waals surface area contributed by atoms with Crippen molar-refractivity contribution in [2.75, 3.05) is 10.6 Å². The third-order valence-corrected chi connectivity index (χ3v) is 3.47. The van der Waals surface area contributed by atoms with Crippen LogP contribution < -0.4 is 21.3 Å². The molecule has 0 aliphatic rings. The Balaban J connectivity index is 2.63. The van der Waals surface area contributed by atoms with Crippen molar-refractivity contribution < 1.29 is 39.6 Å². The number of aliphatic hydroxyl groups is 2. The van der Waals surface area contributed by atoms with Crippen molar-refractivity contribution >= 4 is 35.4 Å². The number of anilines is 2. The van der Waals surface area contributed by atoms with E-state index in [1.165, 1.54) is 38.1 Å². The van der Waals surface area contributed by atoms with Gasteiger partial charge in [-0.2, -0.15) is 0 Å². The summed E-state index contributed by atoms with van der Waals surface area (Å²) in [6.07, 6.45) is -2.60. The predicted octanol–water partition coefficient (Wildman–Crippen LogP) is -0.402. The smallest absolute Gasteiger partial charge is 0.328 e. The molecule has 0 radical (unpaired) electrons. The summed E-state index contributed by atoms with van der Waals surface area (Å²) >= 11 is 0. The zero-order chi connectivity index (χ0) is 21.4. The minimum atomic E-state index is -1.49. The molecule has 0 unspecified atom stereocenters. The fourth-order valence-electron chi connectivity index (χ4n) is 2.03. The Morgan fingerprint density at radius 3 is 1.21 bits per heavy atom. The van der Waals surface area contributed by atoms with E-state index >= 15 is 0 Å². The minimum absolute atomic E-state index is 0.269. The second-order valence-electron chi connectivity index (χ2n) is 5.89. The zero-order valence-corrected chi connectivity index (χ0v) is 15.0. The summed E-state index contributed by atoms with van der Waals surface area (Å²) in [5, 5.41) is 45.4. The molecule has 12 nitrogen and oxygen atoms in total. The van der Waals surface area contributed by atoms with Gasteiger partial charge in [-0.15, -0.1) is 0 Å². The molecule has 1 rings (SSSR count). The first-order chi connectivity index (χ1) is 13.0. The van der Waals surface area contributed by atoms with Crippen molar-refractivity contribution in [1.82, 2.24) is 10.6 Å². The van der Waals surface area contributed by atoms with Crippen LogP contribution in [0, 0.1) is 0 Å². The van der Waals surface area contributed by atoms with E-state index in [1.54, 1.807) is 0 Å². The van der Waals surface area contributed by atoms with Crippen LogP contribution in [0.1, 0.15) is 13.8 Å². The summed E-state index contributed by atoms with van der Waals surface area (Å²) in [7, 11) is 0. The largest absolute Gasteiger partial charge is 0.480 e. The summed E-state index contributed by atoms with van der Waals surface area (Å²) in [5.74, 6) is -2.79. The van der Waals surface area contributed by atoms with E-state index in [1.807, 2.05) is 0 Å². The zero-order valence-electron chi connectivity index (χ0n) is 15.0. The highest BCUT2D eigenvalue weighted by Crippen LogP contribution is 2.13. The van der Waals surface area contributed by atoms with Gasteiger partial charge in [0.25, 0.3) is 0 Å². The molecule has 0 aromatic heterocycles. The van der Waals surface area contributed by atoms with Crippen molar-refractivity contribution in [1.29, 1.82) is 0 Å². The quantitative estimate of drug-likeness (QED) is 0.289. The highest BCUT2D eigenvalue weighted by atomic mass is 16.4. The number of hydrogen-bond donors (Lipinski definition) is 8. The first kappa shape index (κ1) is 22.7. The van der Waals surface area contributed by atoms with Gasteiger partial charge < -0.3 is 41.7 Å². The molecular formula is C16H22N4O8. The molecule has 0 spiro atoms. The monoisotopic (exact) mass is 398 g/mol. The van der Waals surface area contributed by atoms with Gasteiger partial charge in [-0.1, -0.05) is 0 Å². The second kappa shape index (κ2) is 10.1. The van der Waals surface area contributed by atoms with Crippen LogP contribution in [0.25, 0.3) is 0 Å². The third kappa shape index (κ3) is 7.09. The van der Waals surface area contributed by atoms with Crippen molar-refractivity contribution in [3.8, 4) is 0 Å². The van der Waals surface area contributed by atoms with Crippen LogP contribution in [0.4, 0.5) is 21.0 Å². The van der Waals surface area contributed by atoms with Crippen molar-refractivity contribution in [3.05, 3.63) is 24.3 Å². The van der Waals surface area contributed by atoms with Gasteiger partial charge in [0.15, 0.2) is 12.1 Å². The van der Waals surface area contributed by atoms with Crippen LogP contribution in [0.2, 0.25) is 0 Å². The molecule has 0 saturated carbocycles. The van der Waals surface area contributed by atoms with E-state index in [4.69, 9.17) is 10.2 Å². The van der Waals surface area contributed by atoms with Gasteiger partial charge >= 0.3 is 24.0 Å². The van der Waals surface area contributed by atoms with Crippen LogP contribution in [0.15, 0.2) is 24.3 Å². The molecule has 0 aliphatic carbocycles. The number of hydrogen-bond acceptors (Lipinski definition) is 6. The molecular weight excluding hydrogens is 376 g/mol. The maximum Gasteiger partial charge on any atom is 0.328 e. The lowest BCUT2D eigenvalue weighted by Crippen LogP contribution is -2.49. The van der Waals surface area contributed by atoms with Crippen molar-refractivity contribution in [2.45, 2.75) is 38.1 Å². The number of nitrogens with one attached hydrogen (secondary N) is 4. The van der Waals surface area contributed by atoms with Gasteiger partial charge in [-0.05, 0) is 38.1 Å². The summed E-state index contributed by atoms with van der Waals surface area (Å²) in [6, 6.07) is 0.920. The number of urea groups is 2. The van der Waals surface area contributed by atoms with Gasteiger partial charge in [0.05, 0.1) is 12.2 Å². The maximum atomic E-state index is 11.8. The molecule has 1 aromatic carbocycles. The SMILES string of the molecule is C[C@@H](O)[C@H](NC(=O)Nc1ccc(NC(=O)N[C@H](C(=O)O)[C@@H](C)O)cc1)C(=O)O. The summed E-state index contributed by atoms with van der Waals surface area (Å²) < 4.78 is 0. The van der Waals surface area contributed by atoms with Gasteiger partial charge in [-0.3, -0.25) is 0 Å². The van der Waals surface area contributed by atoms with Gasteiger partial charge in [0.1, 0.15) is 0 Å². The molecule has 1 aromatic rings. The molecule has 12 heteroatoms. The van der Waals surface area contributed by atoms with E-state index in [-0.39, 0.29) is 11.4 Å². The van der Waals surface area contributed by atoms with Crippen LogP contribution in [0.5, 0.6) is 0 Å². The second-order valence-corrected chi connectivity index (χ2v) is 5.89. The fourth-order valence-corrected chi connectivity index (χ4v) is 2.03. The standard InChI is InChI=1S/C16H22N4O8/c1-7(21)11(13(23)24)19-15(27)17-9-3-5-10(6-4-9)18-16(28)20-12(8(2)22)14(25)26/h3-8,11-12,21-22H,1-2H3,(H,23,24)(H,25,26)(H2,17,19,27)(H2,18,20,28)/t7-,8-,11+,12+/m1/s1. The lowest BCUT2D eigenvalue weighted by atomic mass is 10.2. The average molecular weight is 398 g/mol. The molecule has 4 atom stereocenters. The number of amides is 4. The molecule has 8 N–H and O–H groups in total. The molecule has 0 bridgehead atoms. The Morgan fingerprint density at radius 1 is 0.714 bits per heavy atom. The Kier molecular flexibility index (Phi) is 8.16. The Morgan fingerprint density at radius 2 is 1.00 bits per heavy atom. The first-order valence-electron chi connectivity index (χ1n) is 8.08.